The quantitative estimate of drug-likeness (QED) is 0.816. The minimum atomic E-state index is -0.0238. The molecule has 0 amide bonds. The van der Waals surface area contributed by atoms with Gasteiger partial charge >= 0.3 is 0 Å². The Morgan fingerprint density at radius 3 is 2.48 bits per heavy atom. The van der Waals surface area contributed by atoms with Gasteiger partial charge in [0.15, 0.2) is 0 Å². The van der Waals surface area contributed by atoms with Crippen molar-refractivity contribution < 1.29 is 4.74 Å². The number of rotatable bonds is 4. The summed E-state index contributed by atoms with van der Waals surface area (Å²) >= 11 is 9.94. The summed E-state index contributed by atoms with van der Waals surface area (Å²) < 4.78 is 6.53. The Balaban J connectivity index is 2.62. The normalized spacial score (nSPS) is 12.3. The number of nitrogens with one attached hydrogen (secondary N) is 1. The Morgan fingerprint density at radius 1 is 1.14 bits per heavy atom. The molecule has 1 N–H and O–H groups in total. The summed E-state index contributed by atoms with van der Waals surface area (Å²) in [5, 5.41) is 4.06. The lowest BCUT2D eigenvalue weighted by Crippen LogP contribution is -2.19. The molecule has 21 heavy (non-hydrogen) atoms. The van der Waals surface area contributed by atoms with Gasteiger partial charge in [-0.2, -0.15) is 0 Å². The molecule has 0 saturated carbocycles. The molecule has 2 aromatic carbocycles. The third-order valence-corrected chi connectivity index (χ3v) is 5.11. The molecule has 0 aromatic heterocycles. The average Bonchev–Trinajstić information content (AvgIpc) is 2.48. The Labute approximate surface area is 139 Å². The van der Waals surface area contributed by atoms with Crippen molar-refractivity contribution >= 4 is 27.5 Å². The van der Waals surface area contributed by atoms with Crippen molar-refractivity contribution in [2.24, 2.45) is 0 Å². The van der Waals surface area contributed by atoms with E-state index in [2.05, 4.69) is 47.2 Å². The fraction of sp³-hybridized carbons (Fsp3) is 0.294. The lowest BCUT2D eigenvalue weighted by molar-refractivity contribution is 0.402. The smallest absolute Gasteiger partial charge is 0.127 e. The molecule has 0 aliphatic carbocycles. The maximum Gasteiger partial charge on any atom is 0.127 e. The zero-order valence-corrected chi connectivity index (χ0v) is 15.0. The Hall–Kier alpha value is -1.03. The van der Waals surface area contributed by atoms with Gasteiger partial charge in [0.25, 0.3) is 0 Å². The van der Waals surface area contributed by atoms with Crippen LogP contribution in [-0.2, 0) is 0 Å². The monoisotopic (exact) mass is 367 g/mol. The van der Waals surface area contributed by atoms with Crippen LogP contribution in [0.25, 0.3) is 0 Å². The van der Waals surface area contributed by atoms with Crippen LogP contribution in [0.15, 0.2) is 34.8 Å². The zero-order chi connectivity index (χ0) is 15.6. The molecule has 0 bridgehead atoms. The van der Waals surface area contributed by atoms with Crippen LogP contribution in [0.5, 0.6) is 5.75 Å². The van der Waals surface area contributed by atoms with Gasteiger partial charge in [-0.1, -0.05) is 35.9 Å². The van der Waals surface area contributed by atoms with Crippen molar-refractivity contribution in [1.82, 2.24) is 5.32 Å². The predicted octanol–water partition coefficient (Wildman–Crippen LogP) is 5.04. The highest BCUT2D eigenvalue weighted by molar-refractivity contribution is 9.10. The highest BCUT2D eigenvalue weighted by Crippen LogP contribution is 2.38. The van der Waals surface area contributed by atoms with Gasteiger partial charge in [0.2, 0.25) is 0 Å². The average molecular weight is 369 g/mol. The number of ether oxygens (including phenoxy) is 1. The minimum Gasteiger partial charge on any atom is -0.496 e. The van der Waals surface area contributed by atoms with Crippen LogP contribution in [0.4, 0.5) is 0 Å². The first-order chi connectivity index (χ1) is 10.0. The Morgan fingerprint density at radius 2 is 1.86 bits per heavy atom. The predicted molar refractivity (Wildman–Crippen MR) is 92.5 cm³/mol. The molecule has 0 spiro atoms. The second kappa shape index (κ2) is 6.82. The van der Waals surface area contributed by atoms with Crippen LogP contribution in [0.2, 0.25) is 5.02 Å². The molecule has 2 aromatic rings. The Bertz CT molecular complexity index is 657. The van der Waals surface area contributed by atoms with E-state index in [-0.39, 0.29) is 6.04 Å². The van der Waals surface area contributed by atoms with Gasteiger partial charge in [-0.25, -0.2) is 0 Å². The number of halogens is 2. The fourth-order valence-electron chi connectivity index (χ4n) is 2.53. The molecular weight excluding hydrogens is 350 g/mol. The largest absolute Gasteiger partial charge is 0.496 e. The van der Waals surface area contributed by atoms with Crippen LogP contribution in [-0.4, -0.2) is 14.2 Å². The van der Waals surface area contributed by atoms with E-state index < -0.39 is 0 Å². The first kappa shape index (κ1) is 16.3. The summed E-state index contributed by atoms with van der Waals surface area (Å²) in [6.45, 7) is 4.16. The summed E-state index contributed by atoms with van der Waals surface area (Å²) in [5.41, 5.74) is 4.48. The van der Waals surface area contributed by atoms with Gasteiger partial charge in [0, 0.05) is 10.0 Å². The number of methoxy groups -OCH3 is 1. The maximum absolute atomic E-state index is 6.46. The van der Waals surface area contributed by atoms with Gasteiger partial charge in [0.05, 0.1) is 18.2 Å². The summed E-state index contributed by atoms with van der Waals surface area (Å²) in [6.07, 6.45) is 0. The van der Waals surface area contributed by atoms with Gasteiger partial charge < -0.3 is 10.1 Å². The van der Waals surface area contributed by atoms with E-state index in [0.717, 1.165) is 31.9 Å². The molecule has 2 rings (SSSR count). The van der Waals surface area contributed by atoms with Crippen molar-refractivity contribution in [2.75, 3.05) is 14.2 Å². The van der Waals surface area contributed by atoms with Gasteiger partial charge in [0.1, 0.15) is 5.75 Å². The highest BCUT2D eigenvalue weighted by atomic mass is 79.9. The lowest BCUT2D eigenvalue weighted by Gasteiger charge is -2.23. The van der Waals surface area contributed by atoms with Gasteiger partial charge in [-0.3, -0.25) is 0 Å². The lowest BCUT2D eigenvalue weighted by atomic mass is 9.94. The van der Waals surface area contributed by atoms with Crippen LogP contribution in [0, 0.1) is 13.8 Å². The number of hydrogen-bond donors (Lipinski definition) is 1. The molecule has 0 aliphatic heterocycles. The number of aryl methyl sites for hydroxylation is 1. The van der Waals surface area contributed by atoms with Crippen molar-refractivity contribution in [2.45, 2.75) is 19.9 Å². The van der Waals surface area contributed by atoms with E-state index in [4.69, 9.17) is 16.3 Å². The molecule has 1 unspecified atom stereocenters. The molecule has 1 atom stereocenters. The fourth-order valence-corrected chi connectivity index (χ4v) is 3.15. The van der Waals surface area contributed by atoms with Crippen molar-refractivity contribution in [3.8, 4) is 5.75 Å². The molecule has 4 heteroatoms. The van der Waals surface area contributed by atoms with Crippen LogP contribution in [0.1, 0.15) is 28.3 Å². The first-order valence-corrected chi connectivity index (χ1v) is 7.93. The molecule has 112 valence electrons. The van der Waals surface area contributed by atoms with E-state index >= 15 is 0 Å². The van der Waals surface area contributed by atoms with E-state index in [1.54, 1.807) is 7.11 Å². The molecule has 0 radical (unpaired) electrons. The third kappa shape index (κ3) is 3.10. The molecule has 0 aliphatic rings. The van der Waals surface area contributed by atoms with Crippen molar-refractivity contribution in [3.05, 3.63) is 62.1 Å². The maximum atomic E-state index is 6.46. The van der Waals surface area contributed by atoms with Crippen molar-refractivity contribution in [1.29, 1.82) is 0 Å². The van der Waals surface area contributed by atoms with E-state index in [1.165, 1.54) is 5.56 Å². The molecule has 0 heterocycles. The highest BCUT2D eigenvalue weighted by Gasteiger charge is 2.21. The first-order valence-electron chi connectivity index (χ1n) is 6.76. The van der Waals surface area contributed by atoms with Crippen molar-refractivity contribution in [3.63, 3.8) is 0 Å². The molecule has 0 fully saturated rings. The summed E-state index contributed by atoms with van der Waals surface area (Å²) in [4.78, 5) is 0. The number of hydrogen-bond acceptors (Lipinski definition) is 2. The van der Waals surface area contributed by atoms with Gasteiger partial charge in [-0.15, -0.1) is 0 Å². The SMILES string of the molecule is CNC(c1cccc(Br)c1Cl)c1ccc(C)c(C)c1OC. The van der Waals surface area contributed by atoms with Gasteiger partial charge in [-0.05, 0) is 59.6 Å². The molecule has 2 nitrogen and oxygen atoms in total. The van der Waals surface area contributed by atoms with Crippen LogP contribution >= 0.6 is 27.5 Å². The van der Waals surface area contributed by atoms with Crippen LogP contribution < -0.4 is 10.1 Å². The summed E-state index contributed by atoms with van der Waals surface area (Å²) in [5.74, 6) is 0.908. The van der Waals surface area contributed by atoms with E-state index in [1.807, 2.05) is 25.2 Å². The second-order valence-electron chi connectivity index (χ2n) is 4.99. The summed E-state index contributed by atoms with van der Waals surface area (Å²) in [7, 11) is 3.64. The minimum absolute atomic E-state index is 0.0238. The summed E-state index contributed by atoms with van der Waals surface area (Å²) in [6, 6.07) is 10.1. The standard InChI is InChI=1S/C17H19BrClNO/c1-10-8-9-13(17(21-4)11(10)2)16(20-3)12-6-5-7-14(18)15(12)19/h5-9,16,20H,1-4H3. The molecular formula is C17H19BrClNO. The van der Waals surface area contributed by atoms with E-state index in [9.17, 15) is 0 Å². The third-order valence-electron chi connectivity index (χ3n) is 3.80. The Kier molecular flexibility index (Phi) is 5.31. The second-order valence-corrected chi connectivity index (χ2v) is 6.23. The van der Waals surface area contributed by atoms with Crippen LogP contribution in [0.3, 0.4) is 0 Å². The molecule has 0 saturated heterocycles. The number of benzene rings is 2. The zero-order valence-electron chi connectivity index (χ0n) is 12.6. The topological polar surface area (TPSA) is 21.3 Å². The van der Waals surface area contributed by atoms with E-state index in [0.29, 0.717) is 0 Å².